The first-order valence-electron chi connectivity index (χ1n) is 6.13. The number of amides is 1. The van der Waals surface area contributed by atoms with Gasteiger partial charge in [0.25, 0.3) is 0 Å². The number of hydrogen-bond acceptors (Lipinski definition) is 2. The van der Waals surface area contributed by atoms with E-state index in [1.54, 1.807) is 14.1 Å². The lowest BCUT2D eigenvalue weighted by Crippen LogP contribution is -2.25. The second kappa shape index (κ2) is 5.57. The fourth-order valence-corrected chi connectivity index (χ4v) is 1.76. The van der Waals surface area contributed by atoms with Crippen molar-refractivity contribution in [1.29, 1.82) is 0 Å². The molecule has 0 N–H and O–H groups in total. The zero-order valence-electron chi connectivity index (χ0n) is 11.4. The fourth-order valence-electron chi connectivity index (χ4n) is 1.76. The predicted molar refractivity (Wildman–Crippen MR) is 76.3 cm³/mol. The molecule has 2 aromatic carbocycles. The molecule has 0 fully saturated rings. The Morgan fingerprint density at radius 1 is 1.05 bits per heavy atom. The van der Waals surface area contributed by atoms with Crippen LogP contribution in [0.2, 0.25) is 0 Å². The van der Waals surface area contributed by atoms with E-state index in [0.717, 1.165) is 16.7 Å². The highest BCUT2D eigenvalue weighted by Gasteiger charge is 2.12. The van der Waals surface area contributed by atoms with Crippen LogP contribution >= 0.6 is 0 Å². The topological polar surface area (TPSA) is 29.5 Å². The Morgan fingerprint density at radius 2 is 1.74 bits per heavy atom. The Labute approximate surface area is 113 Å². The smallest absolute Gasteiger partial charge is 0.410 e. The maximum atomic E-state index is 11.7. The SMILES string of the molecule is Cc1ccc(-c2ccccc2)c(OC(=O)N(C)C)c1. The van der Waals surface area contributed by atoms with E-state index in [1.165, 1.54) is 4.90 Å². The lowest BCUT2D eigenvalue weighted by Gasteiger charge is -2.14. The zero-order chi connectivity index (χ0) is 13.8. The lowest BCUT2D eigenvalue weighted by molar-refractivity contribution is 0.172. The Kier molecular flexibility index (Phi) is 3.85. The summed E-state index contributed by atoms with van der Waals surface area (Å²) < 4.78 is 5.43. The van der Waals surface area contributed by atoms with Gasteiger partial charge in [0.05, 0.1) is 0 Å². The van der Waals surface area contributed by atoms with E-state index in [9.17, 15) is 4.79 Å². The number of carbonyl (C=O) groups is 1. The van der Waals surface area contributed by atoms with Crippen LogP contribution in [0.1, 0.15) is 5.56 Å². The molecule has 0 aromatic heterocycles. The molecule has 0 bridgehead atoms. The van der Waals surface area contributed by atoms with E-state index in [-0.39, 0.29) is 6.09 Å². The Bertz CT molecular complexity index is 577. The van der Waals surface area contributed by atoms with Crippen LogP contribution in [0.25, 0.3) is 11.1 Å². The molecule has 0 atom stereocenters. The zero-order valence-corrected chi connectivity index (χ0v) is 11.4. The van der Waals surface area contributed by atoms with Gasteiger partial charge in [0.1, 0.15) is 5.75 Å². The van der Waals surface area contributed by atoms with Crippen LogP contribution < -0.4 is 4.74 Å². The summed E-state index contributed by atoms with van der Waals surface area (Å²) in [6.45, 7) is 1.97. The first-order chi connectivity index (χ1) is 9.08. The van der Waals surface area contributed by atoms with E-state index >= 15 is 0 Å². The predicted octanol–water partition coefficient (Wildman–Crippen LogP) is 3.72. The molecule has 3 nitrogen and oxygen atoms in total. The monoisotopic (exact) mass is 255 g/mol. The third kappa shape index (κ3) is 3.13. The molecule has 98 valence electrons. The highest BCUT2D eigenvalue weighted by atomic mass is 16.6. The maximum Gasteiger partial charge on any atom is 0.414 e. The number of nitrogens with zero attached hydrogens (tertiary/aromatic N) is 1. The number of rotatable bonds is 2. The van der Waals surface area contributed by atoms with Gasteiger partial charge in [0, 0.05) is 19.7 Å². The number of aryl methyl sites for hydroxylation is 1. The minimum atomic E-state index is -0.372. The molecule has 2 aromatic rings. The lowest BCUT2D eigenvalue weighted by atomic mass is 10.0. The van der Waals surface area contributed by atoms with Crippen LogP contribution in [0, 0.1) is 6.92 Å². The van der Waals surface area contributed by atoms with Crippen molar-refractivity contribution < 1.29 is 9.53 Å². The summed E-state index contributed by atoms with van der Waals surface area (Å²) in [6, 6.07) is 15.7. The molecule has 0 unspecified atom stereocenters. The molecule has 0 saturated carbocycles. The van der Waals surface area contributed by atoms with Gasteiger partial charge in [-0.05, 0) is 24.1 Å². The summed E-state index contributed by atoms with van der Waals surface area (Å²) in [6.07, 6.45) is -0.372. The first kappa shape index (κ1) is 13.1. The quantitative estimate of drug-likeness (QED) is 0.818. The molecule has 0 saturated heterocycles. The number of carbonyl (C=O) groups excluding carboxylic acids is 1. The van der Waals surface area contributed by atoms with Crippen molar-refractivity contribution in [2.75, 3.05) is 14.1 Å². The summed E-state index contributed by atoms with van der Waals surface area (Å²) in [5, 5.41) is 0. The standard InChI is InChI=1S/C16H17NO2/c1-12-9-10-14(13-7-5-4-6-8-13)15(11-12)19-16(18)17(2)3/h4-11H,1-3H3. The van der Waals surface area contributed by atoms with E-state index in [1.807, 2.05) is 55.5 Å². The van der Waals surface area contributed by atoms with Crippen molar-refractivity contribution in [3.05, 3.63) is 54.1 Å². The average molecular weight is 255 g/mol. The summed E-state index contributed by atoms with van der Waals surface area (Å²) >= 11 is 0. The average Bonchev–Trinajstić information content (AvgIpc) is 2.39. The van der Waals surface area contributed by atoms with E-state index < -0.39 is 0 Å². The molecular formula is C16H17NO2. The van der Waals surface area contributed by atoms with Gasteiger partial charge in [-0.1, -0.05) is 42.5 Å². The van der Waals surface area contributed by atoms with Crippen LogP contribution in [0.3, 0.4) is 0 Å². The Hall–Kier alpha value is -2.29. The van der Waals surface area contributed by atoms with Crippen LogP contribution in [-0.4, -0.2) is 25.1 Å². The summed E-state index contributed by atoms with van der Waals surface area (Å²) in [5.41, 5.74) is 3.01. The maximum absolute atomic E-state index is 11.7. The van der Waals surface area contributed by atoms with Crippen molar-refractivity contribution in [1.82, 2.24) is 4.90 Å². The molecular weight excluding hydrogens is 238 g/mol. The number of hydrogen-bond donors (Lipinski definition) is 0. The van der Waals surface area contributed by atoms with Crippen LogP contribution in [0.5, 0.6) is 5.75 Å². The van der Waals surface area contributed by atoms with Crippen molar-refractivity contribution >= 4 is 6.09 Å². The second-order valence-corrected chi connectivity index (χ2v) is 4.63. The van der Waals surface area contributed by atoms with Gasteiger partial charge in [-0.3, -0.25) is 0 Å². The van der Waals surface area contributed by atoms with E-state index in [0.29, 0.717) is 5.75 Å². The van der Waals surface area contributed by atoms with Crippen molar-refractivity contribution in [3.8, 4) is 16.9 Å². The minimum absolute atomic E-state index is 0.372. The van der Waals surface area contributed by atoms with Gasteiger partial charge < -0.3 is 9.64 Å². The highest BCUT2D eigenvalue weighted by Crippen LogP contribution is 2.31. The van der Waals surface area contributed by atoms with Gasteiger partial charge in [0.2, 0.25) is 0 Å². The molecule has 19 heavy (non-hydrogen) atoms. The molecule has 0 aliphatic carbocycles. The molecule has 0 heterocycles. The van der Waals surface area contributed by atoms with Gasteiger partial charge in [0.15, 0.2) is 0 Å². The Morgan fingerprint density at radius 3 is 2.37 bits per heavy atom. The van der Waals surface area contributed by atoms with Crippen LogP contribution in [0.15, 0.2) is 48.5 Å². The third-order valence-corrected chi connectivity index (χ3v) is 2.78. The number of ether oxygens (including phenoxy) is 1. The van der Waals surface area contributed by atoms with Crippen molar-refractivity contribution in [3.63, 3.8) is 0 Å². The third-order valence-electron chi connectivity index (χ3n) is 2.78. The van der Waals surface area contributed by atoms with Gasteiger partial charge in [-0.2, -0.15) is 0 Å². The largest absolute Gasteiger partial charge is 0.414 e. The first-order valence-corrected chi connectivity index (χ1v) is 6.13. The van der Waals surface area contributed by atoms with Gasteiger partial charge in [-0.15, -0.1) is 0 Å². The number of benzene rings is 2. The van der Waals surface area contributed by atoms with Gasteiger partial charge >= 0.3 is 6.09 Å². The van der Waals surface area contributed by atoms with Gasteiger partial charge in [-0.25, -0.2) is 4.79 Å². The van der Waals surface area contributed by atoms with E-state index in [2.05, 4.69) is 0 Å². The summed E-state index contributed by atoms with van der Waals surface area (Å²) in [7, 11) is 3.33. The second-order valence-electron chi connectivity index (χ2n) is 4.63. The molecule has 2 rings (SSSR count). The van der Waals surface area contributed by atoms with Crippen molar-refractivity contribution in [2.45, 2.75) is 6.92 Å². The molecule has 0 radical (unpaired) electrons. The summed E-state index contributed by atoms with van der Waals surface area (Å²) in [4.78, 5) is 13.1. The molecule has 3 heteroatoms. The molecule has 1 amide bonds. The van der Waals surface area contributed by atoms with Crippen LogP contribution in [-0.2, 0) is 0 Å². The normalized spacial score (nSPS) is 10.1. The molecule has 0 aliphatic rings. The fraction of sp³-hybridized carbons (Fsp3) is 0.188. The van der Waals surface area contributed by atoms with Crippen molar-refractivity contribution in [2.24, 2.45) is 0 Å². The summed E-state index contributed by atoms with van der Waals surface area (Å²) in [5.74, 6) is 0.588. The highest BCUT2D eigenvalue weighted by molar-refractivity contribution is 5.77. The molecule has 0 aliphatic heterocycles. The Balaban J connectivity index is 2.42. The minimum Gasteiger partial charge on any atom is -0.410 e. The van der Waals surface area contributed by atoms with E-state index in [4.69, 9.17) is 4.74 Å². The van der Waals surface area contributed by atoms with Crippen LogP contribution in [0.4, 0.5) is 4.79 Å². The molecule has 0 spiro atoms.